The highest BCUT2D eigenvalue weighted by Gasteiger charge is 2.01. The molecule has 2 aromatic carbocycles. The molecule has 82 valence electrons. The van der Waals surface area contributed by atoms with Crippen molar-refractivity contribution in [1.29, 1.82) is 0 Å². The molecule has 0 spiro atoms. The maximum atomic E-state index is 5.92. The molecule has 0 unspecified atom stereocenters. The summed E-state index contributed by atoms with van der Waals surface area (Å²) < 4.78 is 1.17. The zero-order chi connectivity index (χ0) is 11.5. The van der Waals surface area contributed by atoms with Gasteiger partial charge in [0.05, 0.1) is 11.4 Å². The average Bonchev–Trinajstić information content (AvgIpc) is 2.24. The Hall–Kier alpha value is -0.940. The summed E-state index contributed by atoms with van der Waals surface area (Å²) in [6.45, 7) is 0. The van der Waals surface area contributed by atoms with E-state index in [1.807, 2.05) is 30.3 Å². The summed E-state index contributed by atoms with van der Waals surface area (Å²) in [5, 5.41) is 3.91. The molecule has 0 heterocycles. The number of halogens is 2. The fourth-order valence-electron chi connectivity index (χ4n) is 1.36. The highest BCUT2D eigenvalue weighted by molar-refractivity contribution is 14.1. The first-order chi connectivity index (χ1) is 7.65. The third-order valence-electron chi connectivity index (χ3n) is 2.12. The molecular weight excluding hydrogens is 335 g/mol. The third kappa shape index (κ3) is 2.80. The second kappa shape index (κ2) is 4.93. The van der Waals surface area contributed by atoms with Crippen LogP contribution < -0.4 is 11.1 Å². The Morgan fingerprint density at radius 3 is 2.69 bits per heavy atom. The van der Waals surface area contributed by atoms with Crippen LogP contribution in [0.5, 0.6) is 0 Å². The van der Waals surface area contributed by atoms with Crippen LogP contribution in [-0.2, 0) is 0 Å². The van der Waals surface area contributed by atoms with Gasteiger partial charge in [0.2, 0.25) is 0 Å². The van der Waals surface area contributed by atoms with E-state index in [0.29, 0.717) is 10.7 Å². The van der Waals surface area contributed by atoms with Gasteiger partial charge in [-0.3, -0.25) is 0 Å². The van der Waals surface area contributed by atoms with Crippen LogP contribution in [0, 0.1) is 3.57 Å². The summed E-state index contributed by atoms with van der Waals surface area (Å²) in [4.78, 5) is 0. The molecule has 0 radical (unpaired) electrons. The van der Waals surface area contributed by atoms with Crippen molar-refractivity contribution in [3.8, 4) is 0 Å². The molecule has 0 aliphatic carbocycles. The van der Waals surface area contributed by atoms with Crippen molar-refractivity contribution in [3.63, 3.8) is 0 Å². The van der Waals surface area contributed by atoms with Crippen LogP contribution in [-0.4, -0.2) is 0 Å². The lowest BCUT2D eigenvalue weighted by molar-refractivity contribution is 1.53. The van der Waals surface area contributed by atoms with E-state index in [0.717, 1.165) is 11.4 Å². The number of hydrogen-bond donors (Lipinski definition) is 2. The van der Waals surface area contributed by atoms with Gasteiger partial charge in [-0.1, -0.05) is 17.7 Å². The first kappa shape index (κ1) is 11.5. The molecule has 2 nitrogen and oxygen atoms in total. The molecule has 0 saturated heterocycles. The molecule has 0 aliphatic heterocycles. The molecule has 3 N–H and O–H groups in total. The van der Waals surface area contributed by atoms with Gasteiger partial charge in [0, 0.05) is 14.3 Å². The molecule has 0 saturated carbocycles. The van der Waals surface area contributed by atoms with Crippen molar-refractivity contribution in [2.24, 2.45) is 0 Å². The number of benzene rings is 2. The zero-order valence-electron chi connectivity index (χ0n) is 8.37. The van der Waals surface area contributed by atoms with Crippen molar-refractivity contribution in [1.82, 2.24) is 0 Å². The largest absolute Gasteiger partial charge is 0.397 e. The lowest BCUT2D eigenvalue weighted by atomic mass is 10.2. The van der Waals surface area contributed by atoms with Crippen LogP contribution in [0.2, 0.25) is 5.02 Å². The minimum atomic E-state index is 0.669. The SMILES string of the molecule is Nc1ccc(Cl)cc1Nc1cccc(I)c1. The second-order valence-corrected chi connectivity index (χ2v) is 5.05. The first-order valence-corrected chi connectivity index (χ1v) is 6.18. The van der Waals surface area contributed by atoms with Crippen LogP contribution in [0.4, 0.5) is 17.1 Å². The van der Waals surface area contributed by atoms with Crippen molar-refractivity contribution in [3.05, 3.63) is 51.1 Å². The summed E-state index contributed by atoms with van der Waals surface area (Å²) in [6.07, 6.45) is 0. The van der Waals surface area contributed by atoms with Crippen LogP contribution in [0.15, 0.2) is 42.5 Å². The van der Waals surface area contributed by atoms with Crippen molar-refractivity contribution in [2.45, 2.75) is 0 Å². The van der Waals surface area contributed by atoms with Crippen LogP contribution in [0.1, 0.15) is 0 Å². The van der Waals surface area contributed by atoms with Gasteiger partial charge in [-0.15, -0.1) is 0 Å². The Kier molecular flexibility index (Phi) is 3.56. The molecule has 4 heteroatoms. The van der Waals surface area contributed by atoms with E-state index < -0.39 is 0 Å². The van der Waals surface area contributed by atoms with Gasteiger partial charge in [-0.25, -0.2) is 0 Å². The maximum absolute atomic E-state index is 5.92. The molecule has 0 aliphatic rings. The minimum Gasteiger partial charge on any atom is -0.397 e. The fraction of sp³-hybridized carbons (Fsp3) is 0. The van der Waals surface area contributed by atoms with Gasteiger partial charge in [0.15, 0.2) is 0 Å². The number of anilines is 3. The average molecular weight is 345 g/mol. The summed E-state index contributed by atoms with van der Waals surface area (Å²) in [5.41, 5.74) is 8.36. The van der Waals surface area contributed by atoms with Gasteiger partial charge in [0.25, 0.3) is 0 Å². The molecule has 0 bridgehead atoms. The molecule has 0 aromatic heterocycles. The molecule has 0 amide bonds. The minimum absolute atomic E-state index is 0.669. The number of rotatable bonds is 2. The van der Waals surface area contributed by atoms with Gasteiger partial charge in [-0.2, -0.15) is 0 Å². The molecule has 2 rings (SSSR count). The third-order valence-corrected chi connectivity index (χ3v) is 3.03. The Morgan fingerprint density at radius 1 is 1.12 bits per heavy atom. The first-order valence-electron chi connectivity index (χ1n) is 4.73. The van der Waals surface area contributed by atoms with Crippen molar-refractivity contribution < 1.29 is 0 Å². The Morgan fingerprint density at radius 2 is 1.94 bits per heavy atom. The molecule has 16 heavy (non-hydrogen) atoms. The lowest BCUT2D eigenvalue weighted by Crippen LogP contribution is -1.96. The van der Waals surface area contributed by atoms with Crippen LogP contribution in [0.3, 0.4) is 0 Å². The van der Waals surface area contributed by atoms with E-state index >= 15 is 0 Å². The topological polar surface area (TPSA) is 38.0 Å². The summed E-state index contributed by atoms with van der Waals surface area (Å²) in [7, 11) is 0. The second-order valence-electron chi connectivity index (χ2n) is 3.37. The number of nitrogens with two attached hydrogens (primary N) is 1. The Bertz CT molecular complexity index is 514. The van der Waals surface area contributed by atoms with E-state index in [9.17, 15) is 0 Å². The van der Waals surface area contributed by atoms with Crippen LogP contribution >= 0.6 is 34.2 Å². The highest BCUT2D eigenvalue weighted by atomic mass is 127. The van der Waals surface area contributed by atoms with Crippen molar-refractivity contribution >= 4 is 51.3 Å². The maximum Gasteiger partial charge on any atom is 0.0632 e. The zero-order valence-corrected chi connectivity index (χ0v) is 11.3. The molecule has 2 aromatic rings. The fourth-order valence-corrected chi connectivity index (χ4v) is 2.07. The Balaban J connectivity index is 2.30. The van der Waals surface area contributed by atoms with E-state index in [1.165, 1.54) is 3.57 Å². The van der Waals surface area contributed by atoms with E-state index in [-0.39, 0.29) is 0 Å². The lowest BCUT2D eigenvalue weighted by Gasteiger charge is -2.09. The highest BCUT2D eigenvalue weighted by Crippen LogP contribution is 2.26. The van der Waals surface area contributed by atoms with E-state index in [2.05, 4.69) is 27.9 Å². The normalized spacial score (nSPS) is 10.1. The monoisotopic (exact) mass is 344 g/mol. The van der Waals surface area contributed by atoms with Crippen LogP contribution in [0.25, 0.3) is 0 Å². The predicted octanol–water partition coefficient (Wildman–Crippen LogP) is 4.27. The molecular formula is C12H10ClIN2. The number of hydrogen-bond acceptors (Lipinski definition) is 2. The van der Waals surface area contributed by atoms with E-state index in [1.54, 1.807) is 12.1 Å². The molecule has 0 fully saturated rings. The number of nitrogens with one attached hydrogen (secondary N) is 1. The summed E-state index contributed by atoms with van der Waals surface area (Å²) >= 11 is 8.18. The number of nitrogen functional groups attached to an aromatic ring is 1. The standard InChI is InChI=1S/C12H10ClIN2/c13-8-4-5-11(15)12(6-8)16-10-3-1-2-9(14)7-10/h1-7,16H,15H2. The summed E-state index contributed by atoms with van der Waals surface area (Å²) in [6, 6.07) is 13.4. The van der Waals surface area contributed by atoms with Gasteiger partial charge in [-0.05, 0) is 59.0 Å². The smallest absolute Gasteiger partial charge is 0.0632 e. The van der Waals surface area contributed by atoms with Crippen molar-refractivity contribution in [2.75, 3.05) is 11.1 Å². The predicted molar refractivity (Wildman–Crippen MR) is 78.3 cm³/mol. The summed E-state index contributed by atoms with van der Waals surface area (Å²) in [5.74, 6) is 0. The van der Waals surface area contributed by atoms with Gasteiger partial charge in [0.1, 0.15) is 0 Å². The molecule has 0 atom stereocenters. The van der Waals surface area contributed by atoms with Gasteiger partial charge < -0.3 is 11.1 Å². The Labute approximate surface area is 113 Å². The van der Waals surface area contributed by atoms with Gasteiger partial charge >= 0.3 is 0 Å². The quantitative estimate of drug-likeness (QED) is 0.631. The van der Waals surface area contributed by atoms with E-state index in [4.69, 9.17) is 17.3 Å².